The Bertz CT molecular complexity index is 167. The average Bonchev–Trinajstić information content (AvgIpc) is 2.10. The van der Waals surface area contributed by atoms with Gasteiger partial charge in [-0.1, -0.05) is 12.5 Å². The molecule has 0 aliphatic carbocycles. The summed E-state index contributed by atoms with van der Waals surface area (Å²) >= 11 is 0. The summed E-state index contributed by atoms with van der Waals surface area (Å²) in [5, 5.41) is 26.3. The summed E-state index contributed by atoms with van der Waals surface area (Å²) in [4.78, 5) is 10.2. The highest BCUT2D eigenvalue weighted by Gasteiger charge is 2.22. The lowest BCUT2D eigenvalue weighted by Gasteiger charge is -2.12. The van der Waals surface area contributed by atoms with Gasteiger partial charge in [0.05, 0.1) is 6.10 Å². The summed E-state index contributed by atoms with van der Waals surface area (Å²) in [6, 6.07) is 0. The van der Waals surface area contributed by atoms with Crippen LogP contribution in [0.5, 0.6) is 0 Å². The van der Waals surface area contributed by atoms with Gasteiger partial charge < -0.3 is 15.3 Å². The Hall–Kier alpha value is -0.870. The van der Waals surface area contributed by atoms with E-state index < -0.39 is 18.2 Å². The number of carboxylic acids is 1. The maximum absolute atomic E-state index is 10.2. The molecule has 2 atom stereocenters. The fourth-order valence-corrected chi connectivity index (χ4v) is 0.965. The Morgan fingerprint density at radius 3 is 2.46 bits per heavy atom. The Morgan fingerprint density at radius 1 is 1.38 bits per heavy atom. The molecule has 4 heteroatoms. The number of hydrogen-bond donors (Lipinski definition) is 3. The van der Waals surface area contributed by atoms with E-state index in [4.69, 9.17) is 15.3 Å². The van der Waals surface area contributed by atoms with Crippen LogP contribution < -0.4 is 0 Å². The summed E-state index contributed by atoms with van der Waals surface area (Å²) in [5.74, 6) is -1.38. The second-order valence-corrected chi connectivity index (χ2v) is 2.92. The molecule has 0 heterocycles. The van der Waals surface area contributed by atoms with Crippen LogP contribution in [0.1, 0.15) is 25.7 Å². The SMILES string of the molecule is C=CCCCCC(O)C(O)C(=O)O. The third-order valence-corrected chi connectivity index (χ3v) is 1.78. The van der Waals surface area contributed by atoms with Crippen molar-refractivity contribution in [2.45, 2.75) is 37.9 Å². The van der Waals surface area contributed by atoms with Crippen LogP contribution in [0.25, 0.3) is 0 Å². The van der Waals surface area contributed by atoms with Crippen molar-refractivity contribution in [1.29, 1.82) is 0 Å². The Balaban J connectivity index is 3.55. The van der Waals surface area contributed by atoms with Crippen molar-refractivity contribution < 1.29 is 20.1 Å². The number of allylic oxidation sites excluding steroid dienone is 1. The van der Waals surface area contributed by atoms with Crippen LogP contribution in [0.4, 0.5) is 0 Å². The van der Waals surface area contributed by atoms with Gasteiger partial charge in [-0.3, -0.25) is 0 Å². The first-order valence-corrected chi connectivity index (χ1v) is 4.29. The first-order valence-electron chi connectivity index (χ1n) is 4.29. The van der Waals surface area contributed by atoms with Crippen LogP contribution in [0.3, 0.4) is 0 Å². The number of aliphatic carboxylic acids is 1. The van der Waals surface area contributed by atoms with Gasteiger partial charge in [-0.05, 0) is 19.3 Å². The van der Waals surface area contributed by atoms with E-state index in [-0.39, 0.29) is 0 Å². The van der Waals surface area contributed by atoms with Crippen LogP contribution in [0, 0.1) is 0 Å². The molecule has 4 nitrogen and oxygen atoms in total. The molecular formula is C9H16O4. The summed E-state index contributed by atoms with van der Waals surface area (Å²) in [6.07, 6.45) is 1.63. The molecule has 0 aromatic rings. The highest BCUT2D eigenvalue weighted by atomic mass is 16.4. The second-order valence-electron chi connectivity index (χ2n) is 2.92. The number of carbonyl (C=O) groups is 1. The van der Waals surface area contributed by atoms with E-state index in [0.29, 0.717) is 12.8 Å². The Morgan fingerprint density at radius 2 is 2.00 bits per heavy atom. The third-order valence-electron chi connectivity index (χ3n) is 1.78. The molecule has 13 heavy (non-hydrogen) atoms. The first kappa shape index (κ1) is 12.1. The van der Waals surface area contributed by atoms with Gasteiger partial charge in [0.1, 0.15) is 0 Å². The van der Waals surface area contributed by atoms with E-state index >= 15 is 0 Å². The molecule has 0 aromatic heterocycles. The number of hydrogen-bond acceptors (Lipinski definition) is 3. The van der Waals surface area contributed by atoms with Crippen molar-refractivity contribution in [3.8, 4) is 0 Å². The molecule has 0 rings (SSSR count). The third kappa shape index (κ3) is 5.38. The zero-order valence-electron chi connectivity index (χ0n) is 7.52. The first-order chi connectivity index (χ1) is 6.09. The average molecular weight is 188 g/mol. The molecule has 0 bridgehead atoms. The molecule has 0 aliphatic rings. The minimum atomic E-state index is -1.66. The van der Waals surface area contributed by atoms with E-state index in [1.807, 2.05) is 0 Å². The van der Waals surface area contributed by atoms with Crippen LogP contribution in [-0.2, 0) is 4.79 Å². The fraction of sp³-hybridized carbons (Fsp3) is 0.667. The molecule has 76 valence electrons. The lowest BCUT2D eigenvalue weighted by molar-refractivity contribution is -0.153. The minimum Gasteiger partial charge on any atom is -0.479 e. The molecule has 0 aliphatic heterocycles. The van der Waals surface area contributed by atoms with Gasteiger partial charge in [-0.15, -0.1) is 6.58 Å². The standard InChI is InChI=1S/C9H16O4/c1-2-3-4-5-6-7(10)8(11)9(12)13/h2,7-8,10-11H,1,3-6H2,(H,12,13). The topological polar surface area (TPSA) is 77.8 Å². The van der Waals surface area contributed by atoms with Gasteiger partial charge in [0.25, 0.3) is 0 Å². The van der Waals surface area contributed by atoms with Gasteiger partial charge in [0.2, 0.25) is 0 Å². The largest absolute Gasteiger partial charge is 0.479 e. The monoisotopic (exact) mass is 188 g/mol. The van der Waals surface area contributed by atoms with Crippen LogP contribution in [-0.4, -0.2) is 33.5 Å². The Kier molecular flexibility index (Phi) is 6.18. The molecule has 0 radical (unpaired) electrons. The number of carboxylic acid groups (broad SMARTS) is 1. The molecule has 0 amide bonds. The molecule has 0 saturated heterocycles. The Labute approximate surface area is 77.5 Å². The highest BCUT2D eigenvalue weighted by molar-refractivity contribution is 5.72. The molecule has 3 N–H and O–H groups in total. The van der Waals surface area contributed by atoms with Gasteiger partial charge in [0.15, 0.2) is 6.10 Å². The number of aliphatic hydroxyl groups excluding tert-OH is 2. The van der Waals surface area contributed by atoms with Crippen LogP contribution in [0.2, 0.25) is 0 Å². The molecule has 0 saturated carbocycles. The lowest BCUT2D eigenvalue weighted by atomic mass is 10.1. The predicted octanol–water partition coefficient (Wildman–Crippen LogP) is 0.539. The maximum Gasteiger partial charge on any atom is 0.335 e. The summed E-state index contributed by atoms with van der Waals surface area (Å²) < 4.78 is 0. The van der Waals surface area contributed by atoms with Gasteiger partial charge in [-0.2, -0.15) is 0 Å². The van der Waals surface area contributed by atoms with Gasteiger partial charge in [0, 0.05) is 0 Å². The van der Waals surface area contributed by atoms with E-state index in [1.165, 1.54) is 0 Å². The number of aliphatic hydroxyl groups is 2. The zero-order valence-corrected chi connectivity index (χ0v) is 7.52. The summed E-state index contributed by atoms with van der Waals surface area (Å²) in [5.41, 5.74) is 0. The van der Waals surface area contributed by atoms with Crippen molar-refractivity contribution in [2.24, 2.45) is 0 Å². The molecule has 0 spiro atoms. The maximum atomic E-state index is 10.2. The fourth-order valence-electron chi connectivity index (χ4n) is 0.965. The summed E-state index contributed by atoms with van der Waals surface area (Å²) in [7, 11) is 0. The van der Waals surface area contributed by atoms with E-state index in [2.05, 4.69) is 6.58 Å². The quantitative estimate of drug-likeness (QED) is 0.402. The highest BCUT2D eigenvalue weighted by Crippen LogP contribution is 2.07. The second kappa shape index (κ2) is 6.62. The van der Waals surface area contributed by atoms with Crippen molar-refractivity contribution in [1.82, 2.24) is 0 Å². The van der Waals surface area contributed by atoms with E-state index in [1.54, 1.807) is 6.08 Å². The predicted molar refractivity (Wildman–Crippen MR) is 48.3 cm³/mol. The molecular weight excluding hydrogens is 172 g/mol. The summed E-state index contributed by atoms with van der Waals surface area (Å²) in [6.45, 7) is 3.53. The van der Waals surface area contributed by atoms with Crippen LogP contribution in [0.15, 0.2) is 12.7 Å². The van der Waals surface area contributed by atoms with Crippen LogP contribution >= 0.6 is 0 Å². The van der Waals surface area contributed by atoms with Crippen molar-refractivity contribution in [3.63, 3.8) is 0 Å². The zero-order chi connectivity index (χ0) is 10.3. The number of unbranched alkanes of at least 4 members (excludes halogenated alkanes) is 2. The smallest absolute Gasteiger partial charge is 0.335 e. The van der Waals surface area contributed by atoms with Gasteiger partial charge >= 0.3 is 5.97 Å². The van der Waals surface area contributed by atoms with Crippen molar-refractivity contribution in [2.75, 3.05) is 0 Å². The van der Waals surface area contributed by atoms with Crippen molar-refractivity contribution >= 4 is 5.97 Å². The normalized spacial score (nSPS) is 14.9. The minimum absolute atomic E-state index is 0.307. The number of rotatable bonds is 7. The molecule has 0 aromatic carbocycles. The van der Waals surface area contributed by atoms with Gasteiger partial charge in [-0.25, -0.2) is 4.79 Å². The van der Waals surface area contributed by atoms with Crippen molar-refractivity contribution in [3.05, 3.63) is 12.7 Å². The van der Waals surface area contributed by atoms with E-state index in [0.717, 1.165) is 12.8 Å². The van der Waals surface area contributed by atoms with E-state index in [9.17, 15) is 4.79 Å². The molecule has 0 fully saturated rings. The lowest BCUT2D eigenvalue weighted by Crippen LogP contribution is -2.33. The molecule has 2 unspecified atom stereocenters.